The van der Waals surface area contributed by atoms with Crippen LogP contribution < -0.4 is 5.69 Å². The van der Waals surface area contributed by atoms with E-state index in [1.54, 1.807) is 23.2 Å². The van der Waals surface area contributed by atoms with E-state index >= 15 is 0 Å². The molecular formula is C21H24N6O. The number of pyridine rings is 2. The van der Waals surface area contributed by atoms with Gasteiger partial charge in [-0.3, -0.25) is 14.5 Å². The van der Waals surface area contributed by atoms with Crippen LogP contribution in [0.15, 0.2) is 35.5 Å². The summed E-state index contributed by atoms with van der Waals surface area (Å²) in [5, 5.41) is 0. The van der Waals surface area contributed by atoms with Crippen molar-refractivity contribution in [1.82, 2.24) is 28.7 Å². The van der Waals surface area contributed by atoms with Gasteiger partial charge >= 0.3 is 5.69 Å². The summed E-state index contributed by atoms with van der Waals surface area (Å²) in [4.78, 5) is 27.0. The number of aromatic nitrogens is 6. The van der Waals surface area contributed by atoms with Crippen molar-refractivity contribution >= 4 is 22.1 Å². The maximum atomic E-state index is 13.5. The van der Waals surface area contributed by atoms with Crippen molar-refractivity contribution in [3.63, 3.8) is 0 Å². The first-order chi connectivity index (χ1) is 13.6. The molecule has 1 saturated carbocycles. The molecule has 0 atom stereocenters. The lowest BCUT2D eigenvalue weighted by molar-refractivity contribution is 0.517. The van der Waals surface area contributed by atoms with E-state index in [1.807, 2.05) is 23.6 Å². The molecule has 4 aromatic heterocycles. The zero-order valence-corrected chi connectivity index (χ0v) is 16.5. The van der Waals surface area contributed by atoms with Gasteiger partial charge in [0.25, 0.3) is 0 Å². The van der Waals surface area contributed by atoms with E-state index in [-0.39, 0.29) is 11.7 Å². The van der Waals surface area contributed by atoms with Crippen molar-refractivity contribution < 1.29 is 0 Å². The molecule has 0 bridgehead atoms. The molecule has 0 aromatic carbocycles. The van der Waals surface area contributed by atoms with Gasteiger partial charge in [-0.1, -0.05) is 13.8 Å². The second-order valence-electron chi connectivity index (χ2n) is 8.09. The van der Waals surface area contributed by atoms with Gasteiger partial charge in [-0.25, -0.2) is 14.3 Å². The highest BCUT2D eigenvalue weighted by molar-refractivity contribution is 5.82. The van der Waals surface area contributed by atoms with Crippen LogP contribution in [0, 0.1) is 12.8 Å². The first kappa shape index (κ1) is 17.2. The van der Waals surface area contributed by atoms with E-state index in [0.29, 0.717) is 11.9 Å². The van der Waals surface area contributed by atoms with Gasteiger partial charge in [-0.15, -0.1) is 0 Å². The number of imidazole rings is 2. The minimum Gasteiger partial charge on any atom is -0.309 e. The molecule has 28 heavy (non-hydrogen) atoms. The fourth-order valence-corrected chi connectivity index (χ4v) is 3.94. The number of fused-ring (bicyclic) bond motifs is 2. The third kappa shape index (κ3) is 2.57. The van der Waals surface area contributed by atoms with Crippen LogP contribution in [0.3, 0.4) is 0 Å². The van der Waals surface area contributed by atoms with Gasteiger partial charge in [-0.05, 0) is 44.2 Å². The van der Waals surface area contributed by atoms with Gasteiger partial charge in [0, 0.05) is 25.0 Å². The van der Waals surface area contributed by atoms with Crippen molar-refractivity contribution in [3.05, 3.63) is 46.9 Å². The molecule has 1 aliphatic rings. The first-order valence-electron chi connectivity index (χ1n) is 9.95. The minimum absolute atomic E-state index is 0.0253. The summed E-state index contributed by atoms with van der Waals surface area (Å²) in [6.45, 7) is 7.17. The van der Waals surface area contributed by atoms with Crippen molar-refractivity contribution in [2.24, 2.45) is 5.92 Å². The van der Waals surface area contributed by atoms with Gasteiger partial charge in [0.05, 0.1) is 28.4 Å². The Hall–Kier alpha value is -2.96. The fraction of sp³-hybridized carbons (Fsp3) is 0.429. The molecule has 4 heterocycles. The normalized spacial score (nSPS) is 14.6. The Morgan fingerprint density at radius 2 is 1.96 bits per heavy atom. The van der Waals surface area contributed by atoms with E-state index in [4.69, 9.17) is 4.98 Å². The molecule has 0 amide bonds. The molecule has 0 aliphatic heterocycles. The highest BCUT2D eigenvalue weighted by Gasteiger charge is 2.31. The Labute approximate surface area is 162 Å². The molecule has 1 fully saturated rings. The number of rotatable bonds is 5. The lowest BCUT2D eigenvalue weighted by Crippen LogP contribution is -2.25. The zero-order valence-electron chi connectivity index (χ0n) is 16.5. The number of hydrogen-bond donors (Lipinski definition) is 0. The van der Waals surface area contributed by atoms with Gasteiger partial charge in [0.15, 0.2) is 0 Å². The molecule has 144 valence electrons. The van der Waals surface area contributed by atoms with E-state index in [2.05, 4.69) is 28.4 Å². The van der Waals surface area contributed by atoms with E-state index in [9.17, 15) is 4.79 Å². The molecule has 5 rings (SSSR count). The van der Waals surface area contributed by atoms with E-state index in [0.717, 1.165) is 53.6 Å². The number of nitrogens with zero attached hydrogens (tertiary/aromatic N) is 6. The molecule has 7 heteroatoms. The molecule has 0 unspecified atom stereocenters. The highest BCUT2D eigenvalue weighted by Crippen LogP contribution is 2.37. The summed E-state index contributed by atoms with van der Waals surface area (Å²) in [6.07, 6.45) is 8.44. The number of aryl methyl sites for hydroxylation is 2. The Morgan fingerprint density at radius 1 is 1.18 bits per heavy atom. The Balaban J connectivity index is 1.84. The lowest BCUT2D eigenvalue weighted by Gasteiger charge is -2.11. The lowest BCUT2D eigenvalue weighted by atomic mass is 10.1. The molecule has 4 aromatic rings. The van der Waals surface area contributed by atoms with Crippen LogP contribution in [0.5, 0.6) is 0 Å². The fourth-order valence-electron chi connectivity index (χ4n) is 3.94. The van der Waals surface area contributed by atoms with Crippen molar-refractivity contribution in [2.75, 3.05) is 0 Å². The first-order valence-corrected chi connectivity index (χ1v) is 9.95. The largest absolute Gasteiger partial charge is 0.336 e. The molecule has 0 saturated heterocycles. The molecule has 7 nitrogen and oxygen atoms in total. The van der Waals surface area contributed by atoms with E-state index < -0.39 is 0 Å². The quantitative estimate of drug-likeness (QED) is 0.533. The van der Waals surface area contributed by atoms with Gasteiger partial charge in [0.2, 0.25) is 5.95 Å². The Kier molecular flexibility index (Phi) is 3.86. The second kappa shape index (κ2) is 6.29. The van der Waals surface area contributed by atoms with E-state index in [1.165, 1.54) is 0 Å². The van der Waals surface area contributed by atoms with Crippen LogP contribution in [0.2, 0.25) is 0 Å². The van der Waals surface area contributed by atoms with Gasteiger partial charge < -0.3 is 4.57 Å². The minimum atomic E-state index is -0.0253. The van der Waals surface area contributed by atoms with Crippen LogP contribution in [-0.4, -0.2) is 28.7 Å². The van der Waals surface area contributed by atoms with Crippen molar-refractivity contribution in [1.29, 1.82) is 0 Å². The third-order valence-corrected chi connectivity index (χ3v) is 5.54. The maximum absolute atomic E-state index is 13.5. The molecule has 1 aliphatic carbocycles. The van der Waals surface area contributed by atoms with Crippen molar-refractivity contribution in [3.8, 4) is 5.95 Å². The summed E-state index contributed by atoms with van der Waals surface area (Å²) < 4.78 is 5.84. The van der Waals surface area contributed by atoms with Crippen LogP contribution >= 0.6 is 0 Å². The van der Waals surface area contributed by atoms with Crippen LogP contribution in [0.25, 0.3) is 28.0 Å². The monoisotopic (exact) mass is 376 g/mol. The molecular weight excluding hydrogens is 352 g/mol. The predicted molar refractivity (Wildman–Crippen MR) is 109 cm³/mol. The summed E-state index contributed by atoms with van der Waals surface area (Å²) >= 11 is 0. The Morgan fingerprint density at radius 3 is 2.71 bits per heavy atom. The van der Waals surface area contributed by atoms with Crippen molar-refractivity contribution in [2.45, 2.75) is 52.6 Å². The average molecular weight is 376 g/mol. The summed E-state index contributed by atoms with van der Waals surface area (Å²) in [5.41, 5.74) is 4.43. The molecule has 0 radical (unpaired) electrons. The van der Waals surface area contributed by atoms with Gasteiger partial charge in [-0.2, -0.15) is 0 Å². The maximum Gasteiger partial charge on any atom is 0.336 e. The molecule has 0 N–H and O–H groups in total. The Bertz CT molecular complexity index is 1240. The standard InChI is InChI=1S/C21H24N6O/c1-13(2)8-11-25-17-6-9-22-12-16(17)24-20(25)27-19-14(3)23-10-7-18(19)26(21(27)28)15-4-5-15/h6-7,9-10,12-13,15H,4-5,8,11H2,1-3H3. The average Bonchev–Trinajstić information content (AvgIpc) is 3.36. The smallest absolute Gasteiger partial charge is 0.309 e. The highest BCUT2D eigenvalue weighted by atomic mass is 16.2. The summed E-state index contributed by atoms with van der Waals surface area (Å²) in [7, 11) is 0. The summed E-state index contributed by atoms with van der Waals surface area (Å²) in [6, 6.07) is 4.21. The summed E-state index contributed by atoms with van der Waals surface area (Å²) in [5.74, 6) is 1.22. The van der Waals surface area contributed by atoms with Crippen LogP contribution in [-0.2, 0) is 6.54 Å². The zero-order chi connectivity index (χ0) is 19.4. The topological polar surface area (TPSA) is 70.5 Å². The third-order valence-electron chi connectivity index (χ3n) is 5.54. The van der Waals surface area contributed by atoms with Crippen LogP contribution in [0.4, 0.5) is 0 Å². The predicted octanol–water partition coefficient (Wildman–Crippen LogP) is 3.62. The SMILES string of the molecule is Cc1nccc2c1n(-c1nc3cnccc3n1CCC(C)C)c(=O)n2C1CC1. The number of hydrogen-bond acceptors (Lipinski definition) is 4. The molecule has 0 spiro atoms. The second-order valence-corrected chi connectivity index (χ2v) is 8.09. The van der Waals surface area contributed by atoms with Gasteiger partial charge in [0.1, 0.15) is 5.52 Å². The van der Waals surface area contributed by atoms with Crippen LogP contribution in [0.1, 0.15) is 44.8 Å².